The second kappa shape index (κ2) is 18.0. The van der Waals surface area contributed by atoms with E-state index in [0.717, 1.165) is 110 Å². The number of hydrogen-bond acceptors (Lipinski definition) is 6. The highest BCUT2D eigenvalue weighted by atomic mass is 35.5. The Labute approximate surface area is 406 Å². The Morgan fingerprint density at radius 3 is 1.28 bits per heavy atom. The number of rotatable bonds is 8. The van der Waals surface area contributed by atoms with Gasteiger partial charge in [0.1, 0.15) is 0 Å². The van der Waals surface area contributed by atoms with Crippen LogP contribution in [0.2, 0.25) is 10.0 Å². The van der Waals surface area contributed by atoms with E-state index in [1.54, 1.807) is 0 Å². The number of halogens is 2. The number of nitrogens with one attached hydrogen (secondary N) is 2. The highest BCUT2D eigenvalue weighted by molar-refractivity contribution is 6.30. The van der Waals surface area contributed by atoms with Gasteiger partial charge in [-0.2, -0.15) is 0 Å². The van der Waals surface area contributed by atoms with Crippen LogP contribution in [0.4, 0.5) is 11.4 Å². The lowest BCUT2D eigenvalue weighted by atomic mass is 9.92. The number of para-hydroxylation sites is 2. The Hall–Kier alpha value is -6.30. The third-order valence-corrected chi connectivity index (χ3v) is 15.4. The molecule has 10 nitrogen and oxygen atoms in total. The summed E-state index contributed by atoms with van der Waals surface area (Å²) in [6, 6.07) is 47.4. The Morgan fingerprint density at radius 2 is 0.882 bits per heavy atom. The molecule has 4 atom stereocenters. The summed E-state index contributed by atoms with van der Waals surface area (Å²) in [6.45, 7) is 7.06. The van der Waals surface area contributed by atoms with Crippen LogP contribution in [0.25, 0.3) is 0 Å². The molecule has 12 heteroatoms. The van der Waals surface area contributed by atoms with Crippen molar-refractivity contribution in [2.75, 3.05) is 62.2 Å². The van der Waals surface area contributed by atoms with E-state index < -0.39 is 10.8 Å². The summed E-state index contributed by atoms with van der Waals surface area (Å²) in [6.07, 6.45) is 1.62. The maximum Gasteiger partial charge on any atom is 0.253 e. The van der Waals surface area contributed by atoms with E-state index in [-0.39, 0.29) is 35.5 Å². The number of benzene rings is 6. The summed E-state index contributed by atoms with van der Waals surface area (Å²) >= 11 is 12.2. The van der Waals surface area contributed by atoms with Crippen molar-refractivity contribution in [2.45, 2.75) is 48.6 Å². The molecule has 12 rings (SSSR count). The van der Waals surface area contributed by atoms with Crippen LogP contribution in [-0.4, -0.2) is 85.8 Å². The lowest BCUT2D eigenvalue weighted by molar-refractivity contribution is -0.121. The molecule has 6 aliphatic rings. The standard InChI is InChI=1S/2C28H26ClN3O2/c2*29-22-10-8-20(9-11-22)24-17-28(24)23-6-1-2-7-25(23)32(27(28)34)18-19-4-3-5-21(16-19)26(33)31-14-12-30-13-15-31/h2*1-11,16,24,30H,12-15,17-18H2/t2*24-,28-/m10/s1. The van der Waals surface area contributed by atoms with E-state index in [1.165, 1.54) is 0 Å². The first-order valence-corrected chi connectivity index (χ1v) is 24.4. The van der Waals surface area contributed by atoms with Gasteiger partial charge >= 0.3 is 0 Å². The van der Waals surface area contributed by atoms with Crippen molar-refractivity contribution in [1.29, 1.82) is 0 Å². The molecule has 2 aliphatic carbocycles. The van der Waals surface area contributed by atoms with Crippen molar-refractivity contribution in [3.63, 3.8) is 0 Å². The van der Waals surface area contributed by atoms with E-state index in [9.17, 15) is 19.2 Å². The average Bonchev–Trinajstić information content (AvgIpc) is 4.30. The van der Waals surface area contributed by atoms with Crippen molar-refractivity contribution in [1.82, 2.24) is 20.4 Å². The Kier molecular flexibility index (Phi) is 11.7. The largest absolute Gasteiger partial charge is 0.336 e. The number of carbonyl (C=O) groups excluding carboxylic acids is 4. The normalized spacial score (nSPS) is 23.3. The highest BCUT2D eigenvalue weighted by Crippen LogP contribution is 2.67. The van der Waals surface area contributed by atoms with Crippen molar-refractivity contribution in [3.05, 3.63) is 200 Å². The van der Waals surface area contributed by atoms with Crippen LogP contribution in [0.15, 0.2) is 146 Å². The van der Waals surface area contributed by atoms with Crippen molar-refractivity contribution < 1.29 is 19.2 Å². The van der Waals surface area contributed by atoms with Crippen LogP contribution >= 0.6 is 23.2 Å². The molecular weight excluding hydrogens is 892 g/mol. The summed E-state index contributed by atoms with van der Waals surface area (Å²) in [7, 11) is 0. The van der Waals surface area contributed by atoms with Gasteiger partial charge in [-0.25, -0.2) is 0 Å². The first kappa shape index (κ1) is 44.2. The van der Waals surface area contributed by atoms with E-state index in [0.29, 0.717) is 34.3 Å². The molecule has 0 aromatic heterocycles. The van der Waals surface area contributed by atoms with Gasteiger partial charge in [0.2, 0.25) is 11.8 Å². The number of fused-ring (bicyclic) bond motifs is 4. The molecule has 4 amide bonds. The Balaban J connectivity index is 0.000000149. The third kappa shape index (κ3) is 7.87. The predicted octanol–water partition coefficient (Wildman–Crippen LogP) is 8.72. The molecular formula is C56H52Cl2N6O4. The number of piperazine rings is 2. The van der Waals surface area contributed by atoms with Gasteiger partial charge in [-0.05, 0) is 107 Å². The maximum absolute atomic E-state index is 13.9. The fourth-order valence-electron chi connectivity index (χ4n) is 11.3. The SMILES string of the molecule is O=C(c1cccc(CN2C(=O)[C@@]3(C[C@H]3c3ccc(Cl)cc3)c3ccccc32)c1)N1CCNCC1.O=C(c1cccc(CN2C(=O)[C@]3(C[C@@H]3c3ccc(Cl)cc3)c3ccccc32)c1)N1CCNCC1. The monoisotopic (exact) mass is 942 g/mol. The lowest BCUT2D eigenvalue weighted by Crippen LogP contribution is -2.46. The van der Waals surface area contributed by atoms with Gasteiger partial charge in [-0.3, -0.25) is 19.2 Å². The van der Waals surface area contributed by atoms with Crippen LogP contribution in [0.3, 0.4) is 0 Å². The minimum Gasteiger partial charge on any atom is -0.336 e. The quantitative estimate of drug-likeness (QED) is 0.158. The van der Waals surface area contributed by atoms with Crippen LogP contribution < -0.4 is 20.4 Å². The van der Waals surface area contributed by atoms with Crippen molar-refractivity contribution in [3.8, 4) is 0 Å². The molecule has 4 fully saturated rings. The number of nitrogens with zero attached hydrogens (tertiary/aromatic N) is 4. The van der Waals surface area contributed by atoms with Gasteiger partial charge in [0.15, 0.2) is 0 Å². The Bertz CT molecular complexity index is 2740. The first-order valence-electron chi connectivity index (χ1n) is 23.7. The van der Waals surface area contributed by atoms with Gasteiger partial charge < -0.3 is 30.2 Å². The van der Waals surface area contributed by atoms with E-state index in [2.05, 4.69) is 22.8 Å². The zero-order valence-corrected chi connectivity index (χ0v) is 39.2. The minimum absolute atomic E-state index is 0.0537. The Morgan fingerprint density at radius 1 is 0.500 bits per heavy atom. The summed E-state index contributed by atoms with van der Waals surface area (Å²) in [5, 5.41) is 7.97. The fourth-order valence-corrected chi connectivity index (χ4v) is 11.5. The molecule has 2 spiro atoms. The molecule has 0 unspecified atom stereocenters. The molecule has 2 saturated carbocycles. The molecule has 6 aromatic rings. The molecule has 2 N–H and O–H groups in total. The van der Waals surface area contributed by atoms with Gasteiger partial charge in [0.05, 0.1) is 23.9 Å². The van der Waals surface area contributed by atoms with Crippen molar-refractivity contribution in [2.24, 2.45) is 0 Å². The van der Waals surface area contributed by atoms with Gasteiger partial charge in [0.25, 0.3) is 11.8 Å². The second-order valence-corrected chi connectivity index (χ2v) is 19.7. The first-order chi connectivity index (χ1) is 33.2. The number of amides is 4. The molecule has 4 heterocycles. The average molecular weight is 944 g/mol. The zero-order chi connectivity index (χ0) is 46.6. The molecule has 344 valence electrons. The molecule has 0 bridgehead atoms. The van der Waals surface area contributed by atoms with Crippen LogP contribution in [0.1, 0.15) is 78.8 Å². The van der Waals surface area contributed by atoms with Gasteiger partial charge in [-0.1, -0.05) is 108 Å². The zero-order valence-electron chi connectivity index (χ0n) is 37.7. The van der Waals surface area contributed by atoms with Crippen LogP contribution in [0.5, 0.6) is 0 Å². The van der Waals surface area contributed by atoms with Gasteiger partial charge in [0, 0.05) is 96.7 Å². The molecule has 0 radical (unpaired) electrons. The summed E-state index contributed by atoms with van der Waals surface area (Å²) in [5.74, 6) is 0.712. The molecule has 68 heavy (non-hydrogen) atoms. The molecule has 6 aromatic carbocycles. The summed E-state index contributed by atoms with van der Waals surface area (Å²) in [5.41, 5.74) is 8.74. The van der Waals surface area contributed by atoms with E-state index in [4.69, 9.17) is 23.2 Å². The number of hydrogen-bond donors (Lipinski definition) is 2. The molecule has 4 aliphatic heterocycles. The van der Waals surface area contributed by atoms with E-state index >= 15 is 0 Å². The van der Waals surface area contributed by atoms with Gasteiger partial charge in [-0.15, -0.1) is 0 Å². The van der Waals surface area contributed by atoms with E-state index in [1.807, 2.05) is 153 Å². The summed E-state index contributed by atoms with van der Waals surface area (Å²) in [4.78, 5) is 61.4. The lowest BCUT2D eigenvalue weighted by Gasteiger charge is -2.27. The summed E-state index contributed by atoms with van der Waals surface area (Å²) < 4.78 is 0. The topological polar surface area (TPSA) is 105 Å². The number of carbonyl (C=O) groups is 4. The van der Waals surface area contributed by atoms with Crippen LogP contribution in [-0.2, 0) is 33.5 Å². The van der Waals surface area contributed by atoms with Crippen molar-refractivity contribution >= 4 is 58.2 Å². The third-order valence-electron chi connectivity index (χ3n) is 14.9. The maximum atomic E-state index is 13.9. The fraction of sp³-hybridized carbons (Fsp3) is 0.286. The molecule has 2 saturated heterocycles. The minimum atomic E-state index is -0.501. The highest BCUT2D eigenvalue weighted by Gasteiger charge is 2.68. The van der Waals surface area contributed by atoms with Crippen LogP contribution in [0, 0.1) is 0 Å². The number of anilines is 2. The second-order valence-electron chi connectivity index (χ2n) is 18.9. The predicted molar refractivity (Wildman–Crippen MR) is 267 cm³/mol. The smallest absolute Gasteiger partial charge is 0.253 e.